The van der Waals surface area contributed by atoms with Gasteiger partial charge in [0.05, 0.1) is 30.5 Å². The van der Waals surface area contributed by atoms with Gasteiger partial charge in [-0.3, -0.25) is 14.5 Å². The largest absolute Gasteiger partial charge is 0.378 e. The lowest BCUT2D eigenvalue weighted by Crippen LogP contribution is -2.49. The summed E-state index contributed by atoms with van der Waals surface area (Å²) < 4.78 is 5.28. The zero-order valence-electron chi connectivity index (χ0n) is 15.5. The SMILES string of the molecule is O=C(CN1CCN(CCC(=O)N2CCOCC2)CC1)Nc1ccccc1Cl. The van der Waals surface area contributed by atoms with Gasteiger partial charge in [0.25, 0.3) is 0 Å². The number of amides is 2. The van der Waals surface area contributed by atoms with Crippen molar-refractivity contribution in [2.24, 2.45) is 0 Å². The molecule has 2 fully saturated rings. The Hall–Kier alpha value is -1.67. The fourth-order valence-corrected chi connectivity index (χ4v) is 3.53. The smallest absolute Gasteiger partial charge is 0.238 e. The van der Waals surface area contributed by atoms with E-state index in [1.807, 2.05) is 17.0 Å². The highest BCUT2D eigenvalue weighted by Gasteiger charge is 2.21. The lowest BCUT2D eigenvalue weighted by atomic mass is 10.2. The minimum atomic E-state index is -0.0564. The molecule has 27 heavy (non-hydrogen) atoms. The number of carbonyl (C=O) groups is 2. The van der Waals surface area contributed by atoms with Gasteiger partial charge in [-0.1, -0.05) is 23.7 Å². The summed E-state index contributed by atoms with van der Waals surface area (Å²) in [7, 11) is 0. The number of rotatable bonds is 6. The van der Waals surface area contributed by atoms with E-state index in [9.17, 15) is 9.59 Å². The van der Waals surface area contributed by atoms with Crippen LogP contribution in [0.3, 0.4) is 0 Å². The van der Waals surface area contributed by atoms with E-state index in [1.165, 1.54) is 0 Å². The van der Waals surface area contributed by atoms with Crippen molar-refractivity contribution in [3.63, 3.8) is 0 Å². The predicted molar refractivity (Wildman–Crippen MR) is 105 cm³/mol. The molecule has 0 saturated carbocycles. The molecule has 7 nitrogen and oxygen atoms in total. The molecule has 0 spiro atoms. The number of para-hydroxylation sites is 1. The lowest BCUT2D eigenvalue weighted by Gasteiger charge is -2.34. The molecule has 0 bridgehead atoms. The van der Waals surface area contributed by atoms with Crippen LogP contribution in [0.4, 0.5) is 5.69 Å². The first-order valence-corrected chi connectivity index (χ1v) is 9.84. The van der Waals surface area contributed by atoms with Gasteiger partial charge in [0, 0.05) is 52.2 Å². The van der Waals surface area contributed by atoms with E-state index in [1.54, 1.807) is 12.1 Å². The van der Waals surface area contributed by atoms with Crippen LogP contribution in [0.25, 0.3) is 0 Å². The Morgan fingerprint density at radius 1 is 1.00 bits per heavy atom. The first-order valence-electron chi connectivity index (χ1n) is 9.46. The number of nitrogens with zero attached hydrogens (tertiary/aromatic N) is 3. The second-order valence-electron chi connectivity index (χ2n) is 6.89. The monoisotopic (exact) mass is 394 g/mol. The van der Waals surface area contributed by atoms with E-state index in [0.717, 1.165) is 32.7 Å². The van der Waals surface area contributed by atoms with Crippen molar-refractivity contribution in [1.29, 1.82) is 0 Å². The number of piperazine rings is 1. The van der Waals surface area contributed by atoms with Crippen LogP contribution in [0.15, 0.2) is 24.3 Å². The Bertz CT molecular complexity index is 644. The van der Waals surface area contributed by atoms with Crippen molar-refractivity contribution in [2.75, 3.05) is 70.9 Å². The number of anilines is 1. The van der Waals surface area contributed by atoms with Crippen LogP contribution in [-0.2, 0) is 14.3 Å². The number of hydrogen-bond acceptors (Lipinski definition) is 5. The molecule has 2 aliphatic rings. The van der Waals surface area contributed by atoms with Gasteiger partial charge in [-0.05, 0) is 12.1 Å². The van der Waals surface area contributed by atoms with E-state index in [0.29, 0.717) is 50.0 Å². The van der Waals surface area contributed by atoms with E-state index >= 15 is 0 Å². The number of carbonyl (C=O) groups excluding carboxylic acids is 2. The van der Waals surface area contributed by atoms with E-state index in [-0.39, 0.29) is 11.8 Å². The number of morpholine rings is 1. The zero-order valence-corrected chi connectivity index (χ0v) is 16.3. The Labute approximate surface area is 165 Å². The topological polar surface area (TPSA) is 65.1 Å². The van der Waals surface area contributed by atoms with Gasteiger partial charge in [-0.2, -0.15) is 0 Å². The standard InChI is InChI=1S/C19H27ClN4O3/c20-16-3-1-2-4-17(16)21-18(25)15-23-9-7-22(8-10-23)6-5-19(26)24-11-13-27-14-12-24/h1-4H,5-15H2,(H,21,25). The summed E-state index contributed by atoms with van der Waals surface area (Å²) in [5.41, 5.74) is 0.643. The first-order chi connectivity index (χ1) is 13.1. The summed E-state index contributed by atoms with van der Waals surface area (Å²) >= 11 is 6.07. The van der Waals surface area contributed by atoms with Crippen LogP contribution in [0.2, 0.25) is 5.02 Å². The molecule has 0 aliphatic carbocycles. The van der Waals surface area contributed by atoms with Crippen LogP contribution in [-0.4, -0.2) is 92.1 Å². The zero-order chi connectivity index (χ0) is 19.1. The van der Waals surface area contributed by atoms with E-state index in [2.05, 4.69) is 15.1 Å². The van der Waals surface area contributed by atoms with E-state index in [4.69, 9.17) is 16.3 Å². The number of ether oxygens (including phenoxy) is 1. The molecule has 0 atom stereocenters. The fraction of sp³-hybridized carbons (Fsp3) is 0.579. The molecule has 8 heteroatoms. The second kappa shape index (κ2) is 10.0. The molecule has 1 N–H and O–H groups in total. The third kappa shape index (κ3) is 6.17. The number of benzene rings is 1. The summed E-state index contributed by atoms with van der Waals surface area (Å²) in [5, 5.41) is 3.40. The van der Waals surface area contributed by atoms with Crippen LogP contribution >= 0.6 is 11.6 Å². The molecular formula is C19H27ClN4O3. The average Bonchev–Trinajstić information content (AvgIpc) is 2.69. The van der Waals surface area contributed by atoms with Crippen LogP contribution in [0.5, 0.6) is 0 Å². The van der Waals surface area contributed by atoms with Gasteiger partial charge < -0.3 is 19.9 Å². The van der Waals surface area contributed by atoms with Gasteiger partial charge in [0.1, 0.15) is 0 Å². The minimum Gasteiger partial charge on any atom is -0.378 e. The number of nitrogens with one attached hydrogen (secondary N) is 1. The highest BCUT2D eigenvalue weighted by atomic mass is 35.5. The predicted octanol–water partition coefficient (Wildman–Crippen LogP) is 1.15. The maximum atomic E-state index is 12.2. The van der Waals surface area contributed by atoms with E-state index < -0.39 is 0 Å². The maximum absolute atomic E-state index is 12.2. The van der Waals surface area contributed by atoms with Crippen LogP contribution in [0, 0.1) is 0 Å². The lowest BCUT2D eigenvalue weighted by molar-refractivity contribution is -0.135. The Kier molecular flexibility index (Phi) is 7.46. The molecule has 3 rings (SSSR count). The molecule has 0 aromatic heterocycles. The quantitative estimate of drug-likeness (QED) is 0.784. The normalized spacial score (nSPS) is 19.1. The van der Waals surface area contributed by atoms with Gasteiger partial charge >= 0.3 is 0 Å². The Balaban J connectivity index is 1.34. The molecule has 1 aromatic carbocycles. The molecule has 2 heterocycles. The van der Waals surface area contributed by atoms with Crippen molar-refractivity contribution >= 4 is 29.1 Å². The molecule has 2 saturated heterocycles. The molecule has 148 valence electrons. The van der Waals surface area contributed by atoms with Crippen molar-refractivity contribution in [3.8, 4) is 0 Å². The van der Waals surface area contributed by atoms with Crippen LogP contribution < -0.4 is 5.32 Å². The summed E-state index contributed by atoms with van der Waals surface area (Å²) in [6, 6.07) is 7.23. The maximum Gasteiger partial charge on any atom is 0.238 e. The number of hydrogen-bond donors (Lipinski definition) is 1. The summed E-state index contributed by atoms with van der Waals surface area (Å²) in [6.07, 6.45) is 0.549. The van der Waals surface area contributed by atoms with Crippen molar-refractivity contribution < 1.29 is 14.3 Å². The summed E-state index contributed by atoms with van der Waals surface area (Å²) in [5.74, 6) is 0.152. The van der Waals surface area contributed by atoms with Crippen molar-refractivity contribution in [1.82, 2.24) is 14.7 Å². The molecular weight excluding hydrogens is 368 g/mol. The first kappa shape index (κ1) is 20.1. The summed E-state index contributed by atoms with van der Waals surface area (Å²) in [4.78, 5) is 30.8. The highest BCUT2D eigenvalue weighted by Crippen LogP contribution is 2.20. The van der Waals surface area contributed by atoms with Gasteiger partial charge in [-0.15, -0.1) is 0 Å². The van der Waals surface area contributed by atoms with Gasteiger partial charge in [0.15, 0.2) is 0 Å². The molecule has 1 aromatic rings. The van der Waals surface area contributed by atoms with Gasteiger partial charge in [-0.25, -0.2) is 0 Å². The third-order valence-corrected chi connectivity index (χ3v) is 5.32. The van der Waals surface area contributed by atoms with Gasteiger partial charge in [0.2, 0.25) is 11.8 Å². The Morgan fingerprint density at radius 3 is 2.37 bits per heavy atom. The van der Waals surface area contributed by atoms with Crippen LogP contribution in [0.1, 0.15) is 6.42 Å². The summed E-state index contributed by atoms with van der Waals surface area (Å²) in [6.45, 7) is 7.19. The highest BCUT2D eigenvalue weighted by molar-refractivity contribution is 6.33. The molecule has 2 aliphatic heterocycles. The number of halogens is 1. The third-order valence-electron chi connectivity index (χ3n) is 4.99. The molecule has 0 radical (unpaired) electrons. The fourth-order valence-electron chi connectivity index (χ4n) is 3.35. The average molecular weight is 395 g/mol. The molecule has 0 unspecified atom stereocenters. The second-order valence-corrected chi connectivity index (χ2v) is 7.30. The molecule has 2 amide bonds. The minimum absolute atomic E-state index is 0.0564. The Morgan fingerprint density at radius 2 is 1.67 bits per heavy atom. The van der Waals surface area contributed by atoms with Crippen molar-refractivity contribution in [2.45, 2.75) is 6.42 Å². The van der Waals surface area contributed by atoms with Crippen molar-refractivity contribution in [3.05, 3.63) is 29.3 Å².